The number of para-hydroxylation sites is 1. The molecule has 1 aromatic carbocycles. The van der Waals surface area contributed by atoms with Crippen molar-refractivity contribution in [3.63, 3.8) is 0 Å². The SMILES string of the molecule is CCC(C)c1ccccc1NC(=O)c1c(C)nc2ccc(C)cn12. The number of amides is 1. The molecule has 0 aliphatic heterocycles. The number of anilines is 1. The molecule has 0 spiro atoms. The van der Waals surface area contributed by atoms with Crippen LogP contribution in [0.4, 0.5) is 5.69 Å². The Morgan fingerprint density at radius 2 is 1.96 bits per heavy atom. The Bertz CT molecular complexity index is 895. The van der Waals surface area contributed by atoms with E-state index in [4.69, 9.17) is 0 Å². The molecule has 0 saturated carbocycles. The molecule has 0 aliphatic rings. The molecule has 1 N–H and O–H groups in total. The first-order valence-corrected chi connectivity index (χ1v) is 8.36. The summed E-state index contributed by atoms with van der Waals surface area (Å²) in [5.41, 5.74) is 5.24. The largest absolute Gasteiger partial charge is 0.320 e. The number of fused-ring (bicyclic) bond motifs is 1. The van der Waals surface area contributed by atoms with E-state index in [1.54, 1.807) is 0 Å². The molecule has 24 heavy (non-hydrogen) atoms. The van der Waals surface area contributed by atoms with Gasteiger partial charge >= 0.3 is 0 Å². The molecule has 124 valence electrons. The van der Waals surface area contributed by atoms with Gasteiger partial charge < -0.3 is 5.32 Å². The lowest BCUT2D eigenvalue weighted by Gasteiger charge is -2.15. The maximum Gasteiger partial charge on any atom is 0.274 e. The van der Waals surface area contributed by atoms with Crippen LogP contribution in [0.1, 0.15) is 53.5 Å². The van der Waals surface area contributed by atoms with Crippen LogP contribution in [-0.4, -0.2) is 15.3 Å². The predicted molar refractivity (Wildman–Crippen MR) is 97.8 cm³/mol. The standard InChI is InChI=1S/C20H23N3O/c1-5-14(3)16-8-6-7-9-17(16)22-20(24)19-15(4)21-18-11-10-13(2)12-23(18)19/h6-12,14H,5H2,1-4H3,(H,22,24). The maximum absolute atomic E-state index is 12.9. The molecule has 4 heteroatoms. The lowest BCUT2D eigenvalue weighted by molar-refractivity contribution is 0.102. The first-order chi connectivity index (χ1) is 11.5. The quantitative estimate of drug-likeness (QED) is 0.756. The van der Waals surface area contributed by atoms with Crippen LogP contribution in [0.5, 0.6) is 0 Å². The van der Waals surface area contributed by atoms with Gasteiger partial charge in [-0.25, -0.2) is 4.98 Å². The van der Waals surface area contributed by atoms with E-state index in [0.29, 0.717) is 11.6 Å². The second-order valence-corrected chi connectivity index (χ2v) is 6.33. The lowest BCUT2D eigenvalue weighted by atomic mass is 9.97. The molecule has 2 aromatic heterocycles. The summed E-state index contributed by atoms with van der Waals surface area (Å²) >= 11 is 0. The van der Waals surface area contributed by atoms with Gasteiger partial charge in [0, 0.05) is 11.9 Å². The summed E-state index contributed by atoms with van der Waals surface area (Å²) in [5.74, 6) is 0.272. The highest BCUT2D eigenvalue weighted by atomic mass is 16.2. The minimum atomic E-state index is -0.124. The van der Waals surface area contributed by atoms with Gasteiger partial charge in [-0.15, -0.1) is 0 Å². The van der Waals surface area contributed by atoms with Crippen LogP contribution in [0.15, 0.2) is 42.6 Å². The molecular weight excluding hydrogens is 298 g/mol. The van der Waals surface area contributed by atoms with Gasteiger partial charge in [0.2, 0.25) is 0 Å². The zero-order chi connectivity index (χ0) is 17.3. The first-order valence-electron chi connectivity index (χ1n) is 8.36. The molecule has 1 unspecified atom stereocenters. The number of carbonyl (C=O) groups is 1. The second-order valence-electron chi connectivity index (χ2n) is 6.33. The van der Waals surface area contributed by atoms with Gasteiger partial charge in [-0.05, 0) is 49.4 Å². The average Bonchev–Trinajstić information content (AvgIpc) is 2.89. The fourth-order valence-corrected chi connectivity index (χ4v) is 2.98. The number of nitrogens with zero attached hydrogens (tertiary/aromatic N) is 2. The lowest BCUT2D eigenvalue weighted by Crippen LogP contribution is -2.17. The molecule has 0 bridgehead atoms. The van der Waals surface area contributed by atoms with Crippen LogP contribution in [0.2, 0.25) is 0 Å². The van der Waals surface area contributed by atoms with Crippen molar-refractivity contribution in [3.05, 3.63) is 65.1 Å². The number of rotatable bonds is 4. The number of hydrogen-bond donors (Lipinski definition) is 1. The summed E-state index contributed by atoms with van der Waals surface area (Å²) in [6.07, 6.45) is 2.98. The topological polar surface area (TPSA) is 46.4 Å². The molecule has 4 nitrogen and oxygen atoms in total. The van der Waals surface area contributed by atoms with Gasteiger partial charge in [0.1, 0.15) is 11.3 Å². The summed E-state index contributed by atoms with van der Waals surface area (Å²) in [7, 11) is 0. The fraction of sp³-hybridized carbons (Fsp3) is 0.300. The summed E-state index contributed by atoms with van der Waals surface area (Å²) in [5, 5.41) is 3.08. The summed E-state index contributed by atoms with van der Waals surface area (Å²) in [6.45, 7) is 8.21. The van der Waals surface area contributed by atoms with Crippen LogP contribution in [-0.2, 0) is 0 Å². The minimum absolute atomic E-state index is 0.124. The Labute approximate surface area is 142 Å². The van der Waals surface area contributed by atoms with E-state index >= 15 is 0 Å². The van der Waals surface area contributed by atoms with Gasteiger partial charge in [0.15, 0.2) is 0 Å². The van der Waals surface area contributed by atoms with E-state index in [9.17, 15) is 4.79 Å². The number of hydrogen-bond acceptors (Lipinski definition) is 2. The smallest absolute Gasteiger partial charge is 0.274 e. The zero-order valence-corrected chi connectivity index (χ0v) is 14.6. The highest BCUT2D eigenvalue weighted by Crippen LogP contribution is 2.27. The van der Waals surface area contributed by atoms with Crippen molar-refractivity contribution in [2.75, 3.05) is 5.32 Å². The van der Waals surface area contributed by atoms with Crippen molar-refractivity contribution in [1.82, 2.24) is 9.38 Å². The first kappa shape index (κ1) is 16.2. The van der Waals surface area contributed by atoms with Crippen LogP contribution in [0.3, 0.4) is 0 Å². The van der Waals surface area contributed by atoms with E-state index in [-0.39, 0.29) is 5.91 Å². The van der Waals surface area contributed by atoms with Crippen molar-refractivity contribution >= 4 is 17.2 Å². The Kier molecular flexibility index (Phi) is 4.38. The number of benzene rings is 1. The average molecular weight is 321 g/mol. The van der Waals surface area contributed by atoms with E-state index in [0.717, 1.165) is 34.6 Å². The minimum Gasteiger partial charge on any atom is -0.320 e. The van der Waals surface area contributed by atoms with Crippen molar-refractivity contribution in [2.45, 2.75) is 40.0 Å². The normalized spacial score (nSPS) is 12.3. The highest BCUT2D eigenvalue weighted by molar-refractivity contribution is 6.04. The molecule has 3 rings (SSSR count). The van der Waals surface area contributed by atoms with Crippen molar-refractivity contribution in [2.24, 2.45) is 0 Å². The van der Waals surface area contributed by atoms with E-state index in [2.05, 4.69) is 30.2 Å². The number of pyridine rings is 1. The second kappa shape index (κ2) is 6.48. The third-order valence-electron chi connectivity index (χ3n) is 4.51. The van der Waals surface area contributed by atoms with E-state index < -0.39 is 0 Å². The van der Waals surface area contributed by atoms with Crippen molar-refractivity contribution in [3.8, 4) is 0 Å². The number of carbonyl (C=O) groups excluding carboxylic acids is 1. The Balaban J connectivity index is 2.00. The van der Waals surface area contributed by atoms with Gasteiger partial charge in [-0.3, -0.25) is 9.20 Å². The third kappa shape index (κ3) is 2.92. The molecule has 3 aromatic rings. The molecule has 0 saturated heterocycles. The Morgan fingerprint density at radius 3 is 2.71 bits per heavy atom. The van der Waals surface area contributed by atoms with Crippen LogP contribution in [0, 0.1) is 13.8 Å². The molecule has 1 atom stereocenters. The number of nitrogens with one attached hydrogen (secondary N) is 1. The predicted octanol–water partition coefficient (Wildman–Crippen LogP) is 4.72. The Morgan fingerprint density at radius 1 is 1.21 bits per heavy atom. The molecule has 1 amide bonds. The fourth-order valence-electron chi connectivity index (χ4n) is 2.98. The van der Waals surface area contributed by atoms with Gasteiger partial charge in [0.25, 0.3) is 5.91 Å². The number of imidazole rings is 1. The summed E-state index contributed by atoms with van der Waals surface area (Å²) < 4.78 is 1.87. The Hall–Kier alpha value is -2.62. The molecule has 2 heterocycles. The monoisotopic (exact) mass is 321 g/mol. The molecule has 0 aliphatic carbocycles. The van der Waals surface area contributed by atoms with Crippen LogP contribution >= 0.6 is 0 Å². The number of aryl methyl sites for hydroxylation is 2. The maximum atomic E-state index is 12.9. The highest BCUT2D eigenvalue weighted by Gasteiger charge is 2.18. The van der Waals surface area contributed by atoms with Crippen molar-refractivity contribution < 1.29 is 4.79 Å². The van der Waals surface area contributed by atoms with Gasteiger partial charge in [-0.1, -0.05) is 38.1 Å². The van der Waals surface area contributed by atoms with Gasteiger partial charge in [0.05, 0.1) is 5.69 Å². The van der Waals surface area contributed by atoms with Crippen LogP contribution < -0.4 is 5.32 Å². The molecular formula is C20H23N3O. The summed E-state index contributed by atoms with van der Waals surface area (Å²) in [4.78, 5) is 17.4. The summed E-state index contributed by atoms with van der Waals surface area (Å²) in [6, 6.07) is 11.9. The van der Waals surface area contributed by atoms with E-state index in [1.165, 1.54) is 0 Å². The van der Waals surface area contributed by atoms with Crippen molar-refractivity contribution in [1.29, 1.82) is 0 Å². The van der Waals surface area contributed by atoms with Crippen LogP contribution in [0.25, 0.3) is 5.65 Å². The van der Waals surface area contributed by atoms with Gasteiger partial charge in [-0.2, -0.15) is 0 Å². The molecule has 0 fully saturated rings. The zero-order valence-electron chi connectivity index (χ0n) is 14.6. The molecule has 0 radical (unpaired) electrons. The third-order valence-corrected chi connectivity index (χ3v) is 4.51. The number of aromatic nitrogens is 2. The van der Waals surface area contributed by atoms with E-state index in [1.807, 2.05) is 54.8 Å².